The first-order valence-corrected chi connectivity index (χ1v) is 6.52. The molecule has 1 rings (SSSR count). The average Bonchev–Trinajstić information content (AvgIpc) is 2.38. The fraction of sp³-hybridized carbons (Fsp3) is 0.462. The van der Waals surface area contributed by atoms with Crippen LogP contribution in [0.1, 0.15) is 23.7 Å². The molecule has 1 amide bonds. The summed E-state index contributed by atoms with van der Waals surface area (Å²) in [4.78, 5) is 12.0. The maximum Gasteiger partial charge on any atom is 0.252 e. The topological polar surface area (TPSA) is 47.6 Å². The molecule has 0 fully saturated rings. The summed E-state index contributed by atoms with van der Waals surface area (Å²) in [6.07, 6.45) is 0.920. The summed E-state index contributed by atoms with van der Waals surface area (Å²) in [5, 5.41) is 2.85. The maximum absolute atomic E-state index is 12.0. The number of benzene rings is 1. The normalized spacial score (nSPS) is 12.0. The number of ether oxygens (including phenoxy) is 2. The van der Waals surface area contributed by atoms with Crippen molar-refractivity contribution in [3.8, 4) is 5.75 Å². The molecular formula is C13H18BrNO3. The molecule has 0 unspecified atom stereocenters. The van der Waals surface area contributed by atoms with Crippen molar-refractivity contribution < 1.29 is 14.3 Å². The Balaban J connectivity index is 2.61. The monoisotopic (exact) mass is 315 g/mol. The van der Waals surface area contributed by atoms with Crippen molar-refractivity contribution in [2.24, 2.45) is 0 Å². The first kappa shape index (κ1) is 15.0. The number of nitrogens with one attached hydrogen (secondary N) is 1. The van der Waals surface area contributed by atoms with Gasteiger partial charge in [-0.2, -0.15) is 0 Å². The first-order chi connectivity index (χ1) is 8.58. The zero-order valence-corrected chi connectivity index (χ0v) is 12.4. The Morgan fingerprint density at radius 1 is 1.44 bits per heavy atom. The molecule has 4 nitrogen and oxygen atoms in total. The molecule has 0 aliphatic rings. The van der Waals surface area contributed by atoms with Gasteiger partial charge in [0.1, 0.15) is 5.75 Å². The minimum absolute atomic E-state index is 0.121. The van der Waals surface area contributed by atoms with Gasteiger partial charge in [-0.15, -0.1) is 0 Å². The quantitative estimate of drug-likeness (QED) is 0.877. The van der Waals surface area contributed by atoms with Gasteiger partial charge in [-0.1, -0.05) is 0 Å². The molecule has 0 bridgehead atoms. The standard InChI is InChI=1S/C13H18BrNO3/c1-9(17-2)6-7-15-13(16)11-8-10(18-3)4-5-12(11)14/h4-5,8-9H,6-7H2,1-3H3,(H,15,16)/t9-/m1/s1. The molecule has 0 saturated heterocycles. The number of hydrogen-bond acceptors (Lipinski definition) is 3. The molecule has 1 aromatic rings. The van der Waals surface area contributed by atoms with E-state index in [9.17, 15) is 4.79 Å². The van der Waals surface area contributed by atoms with Gasteiger partial charge in [0.2, 0.25) is 0 Å². The number of carbonyl (C=O) groups excluding carboxylic acids is 1. The molecule has 0 heterocycles. The van der Waals surface area contributed by atoms with Gasteiger partial charge >= 0.3 is 0 Å². The van der Waals surface area contributed by atoms with Crippen LogP contribution in [0.5, 0.6) is 5.75 Å². The van der Waals surface area contributed by atoms with Gasteiger partial charge < -0.3 is 14.8 Å². The molecule has 0 spiro atoms. The third kappa shape index (κ3) is 4.31. The Labute approximate surface area is 116 Å². The molecule has 0 aliphatic carbocycles. The Bertz CT molecular complexity index is 409. The van der Waals surface area contributed by atoms with E-state index in [1.165, 1.54) is 0 Å². The molecule has 0 radical (unpaired) electrons. The molecule has 0 aliphatic heterocycles. The number of halogens is 1. The van der Waals surface area contributed by atoms with Gasteiger partial charge in [-0.25, -0.2) is 0 Å². The Morgan fingerprint density at radius 3 is 2.78 bits per heavy atom. The fourth-order valence-electron chi connectivity index (χ4n) is 1.41. The summed E-state index contributed by atoms with van der Waals surface area (Å²) in [7, 11) is 3.23. The van der Waals surface area contributed by atoms with E-state index in [1.54, 1.807) is 32.4 Å². The van der Waals surface area contributed by atoms with Crippen LogP contribution in [0.2, 0.25) is 0 Å². The van der Waals surface area contributed by atoms with Crippen LogP contribution in [0.3, 0.4) is 0 Å². The van der Waals surface area contributed by atoms with Gasteiger partial charge in [-0.3, -0.25) is 4.79 Å². The Morgan fingerprint density at radius 2 is 2.17 bits per heavy atom. The lowest BCUT2D eigenvalue weighted by molar-refractivity contribution is 0.0917. The SMILES string of the molecule is COc1ccc(Br)c(C(=O)NCC[C@@H](C)OC)c1. The predicted molar refractivity (Wildman–Crippen MR) is 74.1 cm³/mol. The molecule has 5 heteroatoms. The molecule has 0 aromatic heterocycles. The van der Waals surface area contributed by atoms with Crippen LogP contribution in [0.4, 0.5) is 0 Å². The smallest absolute Gasteiger partial charge is 0.252 e. The van der Waals surface area contributed by atoms with Crippen LogP contribution in [0.15, 0.2) is 22.7 Å². The number of hydrogen-bond donors (Lipinski definition) is 1. The highest BCUT2D eigenvalue weighted by molar-refractivity contribution is 9.10. The van der Waals surface area contributed by atoms with E-state index in [0.717, 1.165) is 10.9 Å². The predicted octanol–water partition coefficient (Wildman–Crippen LogP) is 2.61. The van der Waals surface area contributed by atoms with Gasteiger partial charge in [0, 0.05) is 18.1 Å². The van der Waals surface area contributed by atoms with E-state index in [1.807, 2.05) is 6.92 Å². The van der Waals surface area contributed by atoms with Crippen molar-refractivity contribution in [1.82, 2.24) is 5.32 Å². The zero-order chi connectivity index (χ0) is 13.5. The lowest BCUT2D eigenvalue weighted by Crippen LogP contribution is -2.27. The average molecular weight is 316 g/mol. The highest BCUT2D eigenvalue weighted by Crippen LogP contribution is 2.22. The molecule has 0 saturated carbocycles. The number of methoxy groups -OCH3 is 2. The van der Waals surface area contributed by atoms with Crippen LogP contribution >= 0.6 is 15.9 Å². The van der Waals surface area contributed by atoms with E-state index in [4.69, 9.17) is 9.47 Å². The maximum atomic E-state index is 12.0. The highest BCUT2D eigenvalue weighted by atomic mass is 79.9. The Hall–Kier alpha value is -1.07. The van der Waals surface area contributed by atoms with E-state index in [2.05, 4.69) is 21.2 Å². The summed E-state index contributed by atoms with van der Waals surface area (Å²) < 4.78 is 11.0. The summed E-state index contributed by atoms with van der Waals surface area (Å²) in [5.74, 6) is 0.540. The number of rotatable bonds is 6. The van der Waals surface area contributed by atoms with Crippen LogP contribution in [0.25, 0.3) is 0 Å². The first-order valence-electron chi connectivity index (χ1n) is 5.73. The summed E-state index contributed by atoms with van der Waals surface area (Å²) in [6.45, 7) is 2.55. The van der Waals surface area contributed by atoms with Crippen molar-refractivity contribution >= 4 is 21.8 Å². The minimum atomic E-state index is -0.121. The van der Waals surface area contributed by atoms with Crippen molar-refractivity contribution in [1.29, 1.82) is 0 Å². The summed E-state index contributed by atoms with van der Waals surface area (Å²) in [5.41, 5.74) is 0.569. The summed E-state index contributed by atoms with van der Waals surface area (Å²) >= 11 is 3.35. The van der Waals surface area contributed by atoms with Crippen LogP contribution < -0.4 is 10.1 Å². The Kier molecular flexibility index (Phi) is 6.15. The minimum Gasteiger partial charge on any atom is -0.497 e. The van der Waals surface area contributed by atoms with E-state index >= 15 is 0 Å². The lowest BCUT2D eigenvalue weighted by atomic mass is 10.2. The van der Waals surface area contributed by atoms with Gasteiger partial charge in [0.15, 0.2) is 0 Å². The molecule has 100 valence electrons. The third-order valence-electron chi connectivity index (χ3n) is 2.66. The zero-order valence-electron chi connectivity index (χ0n) is 10.8. The third-order valence-corrected chi connectivity index (χ3v) is 3.35. The van der Waals surface area contributed by atoms with Gasteiger partial charge in [-0.05, 0) is 47.5 Å². The lowest BCUT2D eigenvalue weighted by Gasteiger charge is -2.11. The van der Waals surface area contributed by atoms with Crippen molar-refractivity contribution in [3.05, 3.63) is 28.2 Å². The molecular weight excluding hydrogens is 298 g/mol. The second kappa shape index (κ2) is 7.38. The van der Waals surface area contributed by atoms with Gasteiger partial charge in [0.25, 0.3) is 5.91 Å². The number of carbonyl (C=O) groups is 1. The van der Waals surface area contributed by atoms with Crippen molar-refractivity contribution in [2.75, 3.05) is 20.8 Å². The van der Waals surface area contributed by atoms with E-state index in [0.29, 0.717) is 17.9 Å². The molecule has 1 N–H and O–H groups in total. The molecule has 1 atom stereocenters. The highest BCUT2D eigenvalue weighted by Gasteiger charge is 2.11. The van der Waals surface area contributed by atoms with Crippen LogP contribution in [0, 0.1) is 0 Å². The van der Waals surface area contributed by atoms with E-state index in [-0.39, 0.29) is 12.0 Å². The van der Waals surface area contributed by atoms with Crippen molar-refractivity contribution in [3.63, 3.8) is 0 Å². The molecule has 1 aromatic carbocycles. The number of amides is 1. The van der Waals surface area contributed by atoms with Gasteiger partial charge in [0.05, 0.1) is 18.8 Å². The largest absolute Gasteiger partial charge is 0.497 e. The second-order valence-corrected chi connectivity index (χ2v) is 4.79. The van der Waals surface area contributed by atoms with Crippen LogP contribution in [-0.4, -0.2) is 32.8 Å². The van der Waals surface area contributed by atoms with Crippen molar-refractivity contribution in [2.45, 2.75) is 19.4 Å². The molecule has 18 heavy (non-hydrogen) atoms. The fourth-order valence-corrected chi connectivity index (χ4v) is 1.83. The van der Waals surface area contributed by atoms with Crippen LogP contribution in [-0.2, 0) is 4.74 Å². The second-order valence-electron chi connectivity index (χ2n) is 3.94. The van der Waals surface area contributed by atoms with E-state index < -0.39 is 0 Å². The summed E-state index contributed by atoms with van der Waals surface area (Å²) in [6, 6.07) is 5.30.